The number of aryl methyl sites for hydroxylation is 2. The number of aromatic nitrogens is 3. The van der Waals surface area contributed by atoms with Gasteiger partial charge in [0.25, 0.3) is 10.0 Å². The summed E-state index contributed by atoms with van der Waals surface area (Å²) in [5.74, 6) is -0.182. The Morgan fingerprint density at radius 3 is 2.33 bits per heavy atom. The van der Waals surface area contributed by atoms with Crippen LogP contribution in [0.25, 0.3) is 27.5 Å². The lowest BCUT2D eigenvalue weighted by molar-refractivity contribution is 0.288. The van der Waals surface area contributed by atoms with Crippen LogP contribution in [0.2, 0.25) is 0 Å². The molecule has 0 saturated carbocycles. The van der Waals surface area contributed by atoms with Crippen molar-refractivity contribution in [3.05, 3.63) is 89.5 Å². The first kappa shape index (κ1) is 24.2. The van der Waals surface area contributed by atoms with Crippen LogP contribution < -0.4 is 0 Å². The topological polar surface area (TPSA) is 77.1 Å². The van der Waals surface area contributed by atoms with Crippen molar-refractivity contribution in [2.75, 3.05) is 6.61 Å². The first-order valence-electron chi connectivity index (χ1n) is 12.0. The Morgan fingerprint density at radius 2 is 1.69 bits per heavy atom. The van der Waals surface area contributed by atoms with E-state index in [9.17, 15) is 17.9 Å². The van der Waals surface area contributed by atoms with Crippen LogP contribution in [0.3, 0.4) is 0 Å². The first-order chi connectivity index (χ1) is 17.2. The van der Waals surface area contributed by atoms with Gasteiger partial charge < -0.3 is 9.67 Å². The monoisotopic (exact) mass is 505 g/mol. The van der Waals surface area contributed by atoms with Gasteiger partial charge in [-0.1, -0.05) is 31.5 Å². The number of fused-ring (bicyclic) bond motifs is 2. The summed E-state index contributed by atoms with van der Waals surface area (Å²) >= 11 is 0. The molecule has 3 aromatic carbocycles. The molecule has 0 fully saturated rings. The van der Waals surface area contributed by atoms with Crippen LogP contribution in [-0.2, 0) is 16.4 Å². The van der Waals surface area contributed by atoms with Crippen LogP contribution in [0, 0.1) is 12.7 Å². The van der Waals surface area contributed by atoms with Crippen molar-refractivity contribution >= 4 is 31.8 Å². The third-order valence-electron chi connectivity index (χ3n) is 6.53. The Hall–Kier alpha value is -3.49. The van der Waals surface area contributed by atoms with Gasteiger partial charge in [0.15, 0.2) is 0 Å². The van der Waals surface area contributed by atoms with Crippen molar-refractivity contribution in [1.29, 1.82) is 0 Å². The number of hydrogen-bond acceptors (Lipinski definition) is 4. The summed E-state index contributed by atoms with van der Waals surface area (Å²) in [4.78, 5) is 0.172. The summed E-state index contributed by atoms with van der Waals surface area (Å²) < 4.78 is 43.9. The van der Waals surface area contributed by atoms with Crippen LogP contribution >= 0.6 is 0 Å². The van der Waals surface area contributed by atoms with E-state index in [2.05, 4.69) is 23.5 Å². The van der Waals surface area contributed by atoms with Crippen molar-refractivity contribution in [1.82, 2.24) is 13.8 Å². The van der Waals surface area contributed by atoms with Gasteiger partial charge in [0, 0.05) is 28.8 Å². The summed E-state index contributed by atoms with van der Waals surface area (Å²) in [5, 5.41) is 15.4. The van der Waals surface area contributed by atoms with E-state index in [1.165, 1.54) is 12.1 Å². The highest BCUT2D eigenvalue weighted by molar-refractivity contribution is 7.90. The molecule has 2 aromatic heterocycles. The van der Waals surface area contributed by atoms with E-state index in [0.29, 0.717) is 23.7 Å². The van der Waals surface area contributed by atoms with Crippen LogP contribution in [0.1, 0.15) is 43.0 Å². The Labute approximate surface area is 209 Å². The van der Waals surface area contributed by atoms with Crippen molar-refractivity contribution in [3.63, 3.8) is 0 Å². The van der Waals surface area contributed by atoms with E-state index in [4.69, 9.17) is 0 Å². The summed E-state index contributed by atoms with van der Waals surface area (Å²) in [6, 6.07) is 16.9. The molecule has 0 aliphatic rings. The van der Waals surface area contributed by atoms with Crippen LogP contribution in [0.15, 0.2) is 71.8 Å². The van der Waals surface area contributed by atoms with Gasteiger partial charge in [-0.2, -0.15) is 17.6 Å². The third-order valence-corrected chi connectivity index (χ3v) is 8.15. The predicted molar refractivity (Wildman–Crippen MR) is 140 cm³/mol. The van der Waals surface area contributed by atoms with Crippen molar-refractivity contribution in [3.8, 4) is 5.69 Å². The molecular formula is C28H28FN3O3S. The lowest BCUT2D eigenvalue weighted by Gasteiger charge is -2.15. The summed E-state index contributed by atoms with van der Waals surface area (Å²) in [6.07, 6.45) is 2.76. The van der Waals surface area contributed by atoms with Gasteiger partial charge in [0.2, 0.25) is 0 Å². The fraction of sp³-hybridized carbons (Fsp3) is 0.250. The maximum absolute atomic E-state index is 13.7. The lowest BCUT2D eigenvalue weighted by atomic mass is 9.99. The predicted octanol–water partition coefficient (Wildman–Crippen LogP) is 5.71. The number of nitrogens with zero attached hydrogens (tertiary/aromatic N) is 3. The molecule has 0 radical (unpaired) electrons. The number of rotatable bonds is 7. The number of halogens is 1. The maximum Gasteiger partial charge on any atom is 0.283 e. The van der Waals surface area contributed by atoms with Gasteiger partial charge in [0.05, 0.1) is 22.1 Å². The number of aliphatic hydroxyl groups excluding tert-OH is 1. The molecule has 0 aliphatic carbocycles. The smallest absolute Gasteiger partial charge is 0.283 e. The number of benzene rings is 3. The fourth-order valence-corrected chi connectivity index (χ4v) is 6.13. The largest absolute Gasteiger partial charge is 0.396 e. The summed E-state index contributed by atoms with van der Waals surface area (Å²) in [5.41, 5.74) is 5.26. The van der Waals surface area contributed by atoms with Gasteiger partial charge in [-0.3, -0.25) is 0 Å². The highest BCUT2D eigenvalue weighted by Gasteiger charge is 2.25. The molecule has 0 saturated heterocycles. The molecule has 0 spiro atoms. The Kier molecular flexibility index (Phi) is 6.18. The minimum atomic E-state index is -3.90. The van der Waals surface area contributed by atoms with Crippen LogP contribution in [0.5, 0.6) is 0 Å². The average molecular weight is 506 g/mol. The van der Waals surface area contributed by atoms with Crippen molar-refractivity contribution in [2.24, 2.45) is 0 Å². The molecule has 0 aliphatic heterocycles. The second-order valence-electron chi connectivity index (χ2n) is 9.39. The van der Waals surface area contributed by atoms with E-state index in [-0.39, 0.29) is 23.2 Å². The van der Waals surface area contributed by atoms with Gasteiger partial charge >= 0.3 is 0 Å². The van der Waals surface area contributed by atoms with Crippen LogP contribution in [0.4, 0.5) is 4.39 Å². The lowest BCUT2D eigenvalue weighted by Crippen LogP contribution is -2.14. The molecule has 186 valence electrons. The highest BCUT2D eigenvalue weighted by Crippen LogP contribution is 2.37. The molecule has 6 nitrogen and oxygen atoms in total. The molecule has 0 unspecified atom stereocenters. The van der Waals surface area contributed by atoms with Crippen LogP contribution in [-0.4, -0.2) is 33.9 Å². The zero-order valence-corrected chi connectivity index (χ0v) is 21.3. The van der Waals surface area contributed by atoms with Gasteiger partial charge in [-0.25, -0.2) is 4.39 Å². The molecule has 5 rings (SSSR count). The normalized spacial score (nSPS) is 12.3. The zero-order valence-electron chi connectivity index (χ0n) is 20.4. The van der Waals surface area contributed by atoms with E-state index >= 15 is 0 Å². The van der Waals surface area contributed by atoms with Crippen molar-refractivity contribution in [2.45, 2.75) is 44.4 Å². The summed E-state index contributed by atoms with van der Waals surface area (Å²) in [6.45, 7) is 6.14. The Bertz CT molecular complexity index is 1670. The fourth-order valence-electron chi connectivity index (χ4n) is 4.86. The second kappa shape index (κ2) is 9.19. The van der Waals surface area contributed by atoms with E-state index in [0.717, 1.165) is 37.5 Å². The first-order valence-corrected chi connectivity index (χ1v) is 13.4. The number of hydrogen-bond donors (Lipinski definition) is 1. The zero-order chi connectivity index (χ0) is 25.6. The van der Waals surface area contributed by atoms with E-state index < -0.39 is 10.0 Å². The molecular weight excluding hydrogens is 477 g/mol. The SMILES string of the molecule is Cc1ccc(S(=O)(=O)n2ncc3cc4c(cc32)c(CCCO)c(C(C)C)n4-c2ccc(F)cc2)cc1. The van der Waals surface area contributed by atoms with E-state index in [1.54, 1.807) is 42.6 Å². The van der Waals surface area contributed by atoms with Gasteiger partial charge in [-0.15, -0.1) is 0 Å². The van der Waals surface area contributed by atoms with Gasteiger partial charge in [0.1, 0.15) is 5.82 Å². The molecule has 36 heavy (non-hydrogen) atoms. The molecule has 0 bridgehead atoms. The maximum atomic E-state index is 13.7. The quantitative estimate of drug-likeness (QED) is 0.307. The molecule has 1 N–H and O–H groups in total. The Balaban J connectivity index is 1.81. The molecule has 0 atom stereocenters. The summed E-state index contributed by atoms with van der Waals surface area (Å²) in [7, 11) is -3.90. The minimum absolute atomic E-state index is 0.0444. The van der Waals surface area contributed by atoms with Gasteiger partial charge in [-0.05, 0) is 79.8 Å². The minimum Gasteiger partial charge on any atom is -0.396 e. The average Bonchev–Trinajstić information content (AvgIpc) is 3.41. The molecule has 0 amide bonds. The number of aliphatic hydroxyl groups is 1. The second-order valence-corrected chi connectivity index (χ2v) is 11.2. The standard InChI is InChI=1S/C28H28FN3O3S/c1-18(2)28-24(5-4-14-33)25-16-26-20(15-27(25)31(28)22-10-8-21(29)9-11-22)17-30-32(26)36(34,35)23-12-6-19(3)7-13-23/h6-13,15-18,33H,4-5,14H2,1-3H3. The highest BCUT2D eigenvalue weighted by atomic mass is 32.2. The Morgan fingerprint density at radius 1 is 1.00 bits per heavy atom. The third kappa shape index (κ3) is 4.00. The van der Waals surface area contributed by atoms with Crippen molar-refractivity contribution < 1.29 is 17.9 Å². The van der Waals surface area contributed by atoms with E-state index in [1.807, 2.05) is 19.1 Å². The molecule has 2 heterocycles. The molecule has 8 heteroatoms. The molecule has 5 aromatic rings.